The lowest BCUT2D eigenvalue weighted by molar-refractivity contribution is 0.412. The molecule has 0 fully saturated rings. The minimum Gasteiger partial charge on any atom is -0.496 e. The van der Waals surface area contributed by atoms with Gasteiger partial charge < -0.3 is 4.74 Å². The summed E-state index contributed by atoms with van der Waals surface area (Å²) < 4.78 is 5.25. The van der Waals surface area contributed by atoms with Crippen LogP contribution < -0.4 is 4.74 Å². The molecule has 0 aliphatic rings. The number of methoxy groups -OCH3 is 1. The maximum atomic E-state index is 5.25. The van der Waals surface area contributed by atoms with Gasteiger partial charge in [0, 0.05) is 17.1 Å². The predicted octanol–water partition coefficient (Wildman–Crippen LogP) is 3.66. The van der Waals surface area contributed by atoms with E-state index in [0.717, 1.165) is 39.3 Å². The Labute approximate surface area is 115 Å². The third kappa shape index (κ3) is 2.53. The molecule has 18 heavy (non-hydrogen) atoms. The number of aromatic nitrogens is 2. The molecule has 0 radical (unpaired) electrons. The summed E-state index contributed by atoms with van der Waals surface area (Å²) in [5.74, 6) is 1.63. The van der Waals surface area contributed by atoms with Crippen LogP contribution in [0, 0.1) is 13.8 Å². The number of aryl methyl sites for hydroxylation is 2. The van der Waals surface area contributed by atoms with Gasteiger partial charge in [0.2, 0.25) is 0 Å². The molecule has 4 heteroatoms. The molecule has 1 heterocycles. The zero-order valence-corrected chi connectivity index (χ0v) is 12.3. The number of hydrogen-bond donors (Lipinski definition) is 0. The van der Waals surface area contributed by atoms with Crippen molar-refractivity contribution in [1.29, 1.82) is 0 Å². The first-order chi connectivity index (χ1) is 8.65. The van der Waals surface area contributed by atoms with Gasteiger partial charge in [0.15, 0.2) is 5.82 Å². The molecule has 1 aromatic heterocycles. The Morgan fingerprint density at radius 3 is 2.61 bits per heavy atom. The van der Waals surface area contributed by atoms with Crippen molar-refractivity contribution < 1.29 is 4.74 Å². The molecule has 0 amide bonds. The van der Waals surface area contributed by atoms with Crippen molar-refractivity contribution in [2.75, 3.05) is 7.11 Å². The lowest BCUT2D eigenvalue weighted by atomic mass is 10.1. The zero-order chi connectivity index (χ0) is 13.1. The molecule has 0 atom stereocenters. The Kier molecular flexibility index (Phi) is 3.97. The van der Waals surface area contributed by atoms with Crippen LogP contribution in [0.5, 0.6) is 5.75 Å². The van der Waals surface area contributed by atoms with E-state index < -0.39 is 0 Å². The van der Waals surface area contributed by atoms with Gasteiger partial charge in [0.1, 0.15) is 5.75 Å². The van der Waals surface area contributed by atoms with Gasteiger partial charge in [-0.2, -0.15) is 0 Å². The lowest BCUT2D eigenvalue weighted by Crippen LogP contribution is -1.97. The Morgan fingerprint density at radius 1 is 1.22 bits per heavy atom. The Balaban J connectivity index is 2.45. The number of rotatable bonds is 3. The highest BCUT2D eigenvalue weighted by Gasteiger charge is 2.07. The van der Waals surface area contributed by atoms with Crippen LogP contribution in [0.3, 0.4) is 0 Å². The van der Waals surface area contributed by atoms with Crippen LogP contribution >= 0.6 is 15.9 Å². The van der Waals surface area contributed by atoms with Crippen LogP contribution in [0.2, 0.25) is 0 Å². The van der Waals surface area contributed by atoms with Crippen molar-refractivity contribution >= 4 is 15.9 Å². The van der Waals surface area contributed by atoms with Crippen LogP contribution in [0.4, 0.5) is 0 Å². The minimum absolute atomic E-state index is 0.740. The molecular weight excluding hydrogens is 292 g/mol. The van der Waals surface area contributed by atoms with Gasteiger partial charge in [0.05, 0.1) is 12.8 Å². The van der Waals surface area contributed by atoms with Gasteiger partial charge in [-0.1, -0.05) is 15.9 Å². The van der Waals surface area contributed by atoms with E-state index in [-0.39, 0.29) is 0 Å². The molecule has 0 unspecified atom stereocenters. The van der Waals surface area contributed by atoms with E-state index in [2.05, 4.69) is 25.9 Å². The molecule has 2 aromatic rings. The second kappa shape index (κ2) is 5.48. The molecule has 1 aromatic carbocycles. The smallest absolute Gasteiger partial charge is 0.159 e. The van der Waals surface area contributed by atoms with Crippen LogP contribution in [-0.2, 0) is 5.33 Å². The summed E-state index contributed by atoms with van der Waals surface area (Å²) in [6, 6.07) is 5.97. The molecule has 0 aliphatic heterocycles. The molecule has 0 spiro atoms. The molecule has 0 N–H and O–H groups in total. The fraction of sp³-hybridized carbons (Fsp3) is 0.286. The summed E-state index contributed by atoms with van der Waals surface area (Å²) in [4.78, 5) is 8.94. The normalized spacial score (nSPS) is 10.4. The van der Waals surface area contributed by atoms with Crippen LogP contribution in [0.25, 0.3) is 11.4 Å². The fourth-order valence-electron chi connectivity index (χ4n) is 1.77. The maximum Gasteiger partial charge on any atom is 0.159 e. The van der Waals surface area contributed by atoms with Crippen molar-refractivity contribution in [3.05, 3.63) is 41.2 Å². The summed E-state index contributed by atoms with van der Waals surface area (Å²) in [6.07, 6.45) is 1.86. The van der Waals surface area contributed by atoms with Crippen molar-refractivity contribution in [1.82, 2.24) is 9.97 Å². The Morgan fingerprint density at radius 2 is 2.00 bits per heavy atom. The highest BCUT2D eigenvalue weighted by atomic mass is 79.9. The number of halogens is 1. The van der Waals surface area contributed by atoms with E-state index in [0.29, 0.717) is 0 Å². The van der Waals surface area contributed by atoms with Crippen LogP contribution in [0.1, 0.15) is 16.8 Å². The number of alkyl halides is 1. The second-order valence-electron chi connectivity index (χ2n) is 4.14. The second-order valence-corrected chi connectivity index (χ2v) is 4.70. The van der Waals surface area contributed by atoms with E-state index in [1.807, 2.05) is 38.2 Å². The summed E-state index contributed by atoms with van der Waals surface area (Å²) in [5, 5.41) is 0.740. The van der Waals surface area contributed by atoms with E-state index >= 15 is 0 Å². The molecular formula is C14H15BrN2O. The maximum absolute atomic E-state index is 5.25. The summed E-state index contributed by atoms with van der Waals surface area (Å²) >= 11 is 3.44. The van der Waals surface area contributed by atoms with Crippen molar-refractivity contribution in [2.45, 2.75) is 19.2 Å². The highest BCUT2D eigenvalue weighted by Crippen LogP contribution is 2.24. The first-order valence-electron chi connectivity index (χ1n) is 5.69. The molecule has 0 saturated carbocycles. The number of hydrogen-bond acceptors (Lipinski definition) is 3. The van der Waals surface area contributed by atoms with Crippen LogP contribution in [-0.4, -0.2) is 17.1 Å². The molecule has 3 nitrogen and oxygen atoms in total. The molecule has 0 bridgehead atoms. The first-order valence-corrected chi connectivity index (χ1v) is 6.81. The fourth-order valence-corrected chi connectivity index (χ4v) is 2.34. The highest BCUT2D eigenvalue weighted by molar-refractivity contribution is 9.08. The Hall–Kier alpha value is -1.42. The largest absolute Gasteiger partial charge is 0.496 e. The van der Waals surface area contributed by atoms with Crippen molar-refractivity contribution in [3.8, 4) is 17.1 Å². The summed E-state index contributed by atoms with van der Waals surface area (Å²) in [7, 11) is 1.67. The molecule has 2 rings (SSSR count). The van der Waals surface area contributed by atoms with E-state index in [9.17, 15) is 0 Å². The number of ether oxygens (including phenoxy) is 1. The standard InChI is InChI=1S/C14H15BrN2O/c1-9-6-11(4-5-13(9)18-3)14-16-8-10(2)12(7-15)17-14/h4-6,8H,7H2,1-3H3. The van der Waals surface area contributed by atoms with Gasteiger partial charge in [-0.3, -0.25) is 0 Å². The predicted molar refractivity (Wildman–Crippen MR) is 76.1 cm³/mol. The topological polar surface area (TPSA) is 35.0 Å². The van der Waals surface area contributed by atoms with Gasteiger partial charge in [-0.15, -0.1) is 0 Å². The summed E-state index contributed by atoms with van der Waals surface area (Å²) in [6.45, 7) is 4.03. The average molecular weight is 307 g/mol. The van der Waals surface area contributed by atoms with E-state index in [4.69, 9.17) is 4.74 Å². The van der Waals surface area contributed by atoms with Crippen molar-refractivity contribution in [2.24, 2.45) is 0 Å². The molecule has 0 saturated heterocycles. The lowest BCUT2D eigenvalue weighted by Gasteiger charge is -2.08. The molecule has 94 valence electrons. The van der Waals surface area contributed by atoms with Crippen LogP contribution in [0.15, 0.2) is 24.4 Å². The minimum atomic E-state index is 0.740. The van der Waals surface area contributed by atoms with Gasteiger partial charge >= 0.3 is 0 Å². The van der Waals surface area contributed by atoms with Crippen molar-refractivity contribution in [3.63, 3.8) is 0 Å². The molecule has 0 aliphatic carbocycles. The number of benzene rings is 1. The van der Waals surface area contributed by atoms with E-state index in [1.165, 1.54) is 0 Å². The van der Waals surface area contributed by atoms with Gasteiger partial charge in [-0.25, -0.2) is 9.97 Å². The number of nitrogens with zero attached hydrogens (tertiary/aromatic N) is 2. The third-order valence-electron chi connectivity index (χ3n) is 2.86. The third-order valence-corrected chi connectivity index (χ3v) is 3.39. The van der Waals surface area contributed by atoms with Gasteiger partial charge in [-0.05, 0) is 43.2 Å². The quantitative estimate of drug-likeness (QED) is 0.812. The monoisotopic (exact) mass is 306 g/mol. The summed E-state index contributed by atoms with van der Waals surface area (Å²) in [5.41, 5.74) is 4.21. The first kappa shape index (κ1) is 13.0. The average Bonchev–Trinajstić information content (AvgIpc) is 2.39. The van der Waals surface area contributed by atoms with Gasteiger partial charge in [0.25, 0.3) is 0 Å². The zero-order valence-electron chi connectivity index (χ0n) is 10.7. The Bertz CT molecular complexity index is 570. The van der Waals surface area contributed by atoms with E-state index in [1.54, 1.807) is 7.11 Å². The SMILES string of the molecule is COc1ccc(-c2ncc(C)c(CBr)n2)cc1C.